The molecule has 0 spiro atoms. The predicted molar refractivity (Wildman–Crippen MR) is 105 cm³/mol. The zero-order valence-corrected chi connectivity index (χ0v) is 17.2. The van der Waals surface area contributed by atoms with Crippen LogP contribution in [0.4, 0.5) is 0 Å². The Bertz CT molecular complexity index is 538. The van der Waals surface area contributed by atoms with Crippen LogP contribution < -0.4 is 10.2 Å². The van der Waals surface area contributed by atoms with Gasteiger partial charge in [-0.25, -0.2) is 0 Å². The van der Waals surface area contributed by atoms with Crippen molar-refractivity contribution >= 4 is 22.9 Å². The number of rotatable bonds is 7. The quantitative estimate of drug-likeness (QED) is 0.755. The van der Waals surface area contributed by atoms with Gasteiger partial charge in [0.15, 0.2) is 0 Å². The molecule has 22 heavy (non-hydrogen) atoms. The largest absolute Gasteiger partial charge is 0.334 e. The monoisotopic (exact) mass is 329 g/mol. The summed E-state index contributed by atoms with van der Waals surface area (Å²) in [6.07, 6.45) is 7.13. The maximum Gasteiger partial charge on any atom is 0.116 e. The first-order chi connectivity index (χ1) is 10.3. The summed E-state index contributed by atoms with van der Waals surface area (Å²) in [5, 5.41) is 1.57. The number of allylic oxidation sites excluding steroid dienone is 3. The van der Waals surface area contributed by atoms with Gasteiger partial charge in [0.2, 0.25) is 0 Å². The van der Waals surface area contributed by atoms with Crippen LogP contribution in [0.3, 0.4) is 0 Å². The Hall–Kier alpha value is -0.906. The molecule has 0 aromatic heterocycles. The minimum atomic E-state index is -1.29. The fourth-order valence-electron chi connectivity index (χ4n) is 3.21. The van der Waals surface area contributed by atoms with E-state index in [0.717, 1.165) is 12.3 Å². The van der Waals surface area contributed by atoms with Crippen molar-refractivity contribution in [2.75, 3.05) is 0 Å². The molecule has 0 heterocycles. The van der Waals surface area contributed by atoms with E-state index in [1.54, 1.807) is 16.3 Å². The molecule has 0 saturated heterocycles. The molecule has 1 nitrogen and oxygen atoms in total. The van der Waals surface area contributed by atoms with Crippen LogP contribution in [-0.4, -0.2) is 23.4 Å². The molecule has 0 saturated carbocycles. The van der Waals surface area contributed by atoms with E-state index in [1.807, 2.05) is 0 Å². The lowest BCUT2D eigenvalue weighted by molar-refractivity contribution is 0.644. The number of hydrogen-bond acceptors (Lipinski definition) is 1. The van der Waals surface area contributed by atoms with E-state index < -0.39 is 8.24 Å². The van der Waals surface area contributed by atoms with Crippen LogP contribution in [0.2, 0.25) is 19.6 Å². The summed E-state index contributed by atoms with van der Waals surface area (Å²) < 4.78 is 0. The van der Waals surface area contributed by atoms with Gasteiger partial charge in [-0.1, -0.05) is 86.7 Å². The number of benzene rings is 1. The maximum absolute atomic E-state index is 4.05. The standard InChI is InChI=1S/C19H31NSi2/c1-15(2)14-16-10-9-13-18(16)19(20-22(3,4)5)21-17-11-7-6-8-12-17/h6-12,15,19-20H,13-14,21H2,1-5H3. The normalized spacial score (nSPS) is 17.2. The van der Waals surface area contributed by atoms with E-state index in [-0.39, 0.29) is 9.52 Å². The predicted octanol–water partition coefficient (Wildman–Crippen LogP) is 3.53. The van der Waals surface area contributed by atoms with Gasteiger partial charge in [-0.05, 0) is 24.3 Å². The molecular weight excluding hydrogens is 298 g/mol. The Balaban J connectivity index is 2.24. The van der Waals surface area contributed by atoms with Crippen molar-refractivity contribution in [1.29, 1.82) is 0 Å². The molecule has 0 amide bonds. The molecule has 1 unspecified atom stereocenters. The third-order valence-electron chi connectivity index (χ3n) is 4.01. The van der Waals surface area contributed by atoms with Crippen LogP contribution >= 0.6 is 0 Å². The molecule has 1 aromatic carbocycles. The summed E-state index contributed by atoms with van der Waals surface area (Å²) in [4.78, 5) is 4.05. The van der Waals surface area contributed by atoms with Gasteiger partial charge in [-0.2, -0.15) is 0 Å². The maximum atomic E-state index is 4.05. The van der Waals surface area contributed by atoms with Crippen LogP contribution in [0.25, 0.3) is 0 Å². The highest BCUT2D eigenvalue weighted by atomic mass is 28.3. The lowest BCUT2D eigenvalue weighted by Crippen LogP contribution is -2.53. The molecule has 0 aliphatic heterocycles. The second-order valence-electron chi connectivity index (χ2n) is 7.89. The minimum absolute atomic E-state index is 0.347. The third-order valence-corrected chi connectivity index (χ3v) is 7.68. The molecule has 1 aromatic rings. The average molecular weight is 330 g/mol. The van der Waals surface area contributed by atoms with E-state index in [0.29, 0.717) is 5.67 Å². The summed E-state index contributed by atoms with van der Waals surface area (Å²) in [7, 11) is -1.64. The lowest BCUT2D eigenvalue weighted by atomic mass is 10.0. The van der Waals surface area contributed by atoms with Gasteiger partial charge in [0, 0.05) is 5.67 Å². The molecule has 1 aliphatic carbocycles. The first-order valence-electron chi connectivity index (χ1n) is 8.55. The Morgan fingerprint density at radius 1 is 1.14 bits per heavy atom. The minimum Gasteiger partial charge on any atom is -0.334 e. The highest BCUT2D eigenvalue weighted by Crippen LogP contribution is 2.27. The van der Waals surface area contributed by atoms with Crippen LogP contribution in [0, 0.1) is 5.92 Å². The van der Waals surface area contributed by atoms with Gasteiger partial charge in [0.25, 0.3) is 0 Å². The van der Waals surface area contributed by atoms with E-state index in [4.69, 9.17) is 0 Å². The van der Waals surface area contributed by atoms with E-state index in [9.17, 15) is 0 Å². The van der Waals surface area contributed by atoms with Crippen LogP contribution in [0.15, 0.2) is 53.6 Å². The summed E-state index contributed by atoms with van der Waals surface area (Å²) in [6, 6.07) is 11.1. The SMILES string of the molecule is CC(C)CC1=C(C(N[Si](C)(C)C)[SiH2]c2ccccc2)CC=C1. The highest BCUT2D eigenvalue weighted by Gasteiger charge is 2.25. The van der Waals surface area contributed by atoms with Crippen molar-refractivity contribution in [2.45, 2.75) is 52.0 Å². The second kappa shape index (κ2) is 7.58. The molecular formula is C19H31NSi2. The second-order valence-corrected chi connectivity index (χ2v) is 14.7. The van der Waals surface area contributed by atoms with Gasteiger partial charge in [-0.3, -0.25) is 0 Å². The van der Waals surface area contributed by atoms with Gasteiger partial charge in [-0.15, -0.1) is 0 Å². The van der Waals surface area contributed by atoms with Crippen molar-refractivity contribution in [3.8, 4) is 0 Å². The molecule has 1 atom stereocenters. The molecule has 0 fully saturated rings. The van der Waals surface area contributed by atoms with Crippen molar-refractivity contribution in [2.24, 2.45) is 5.92 Å². The van der Waals surface area contributed by atoms with Gasteiger partial charge in [0.1, 0.15) is 8.24 Å². The number of hydrogen-bond donors (Lipinski definition) is 1. The van der Waals surface area contributed by atoms with Crippen molar-refractivity contribution in [3.05, 3.63) is 53.6 Å². The molecule has 0 bridgehead atoms. The van der Waals surface area contributed by atoms with Crippen LogP contribution in [0.1, 0.15) is 26.7 Å². The van der Waals surface area contributed by atoms with Crippen LogP contribution in [-0.2, 0) is 0 Å². The zero-order valence-electron chi connectivity index (χ0n) is 14.8. The molecule has 3 heteroatoms. The Labute approximate surface area is 139 Å². The summed E-state index contributed by atoms with van der Waals surface area (Å²) in [5.74, 6) is 0.735. The third kappa shape index (κ3) is 5.38. The van der Waals surface area contributed by atoms with Crippen LogP contribution in [0.5, 0.6) is 0 Å². The highest BCUT2D eigenvalue weighted by molar-refractivity contribution is 6.75. The van der Waals surface area contributed by atoms with Gasteiger partial charge < -0.3 is 4.98 Å². The molecule has 2 rings (SSSR count). The molecule has 0 radical (unpaired) electrons. The average Bonchev–Trinajstić information content (AvgIpc) is 2.85. The fourth-order valence-corrected chi connectivity index (χ4v) is 8.36. The Kier molecular flexibility index (Phi) is 6.01. The fraction of sp³-hybridized carbons (Fsp3) is 0.474. The van der Waals surface area contributed by atoms with Crippen molar-refractivity contribution < 1.29 is 0 Å². The first-order valence-corrected chi connectivity index (χ1v) is 13.6. The zero-order chi connectivity index (χ0) is 16.2. The van der Waals surface area contributed by atoms with E-state index >= 15 is 0 Å². The molecule has 120 valence electrons. The van der Waals surface area contributed by atoms with Gasteiger partial charge >= 0.3 is 0 Å². The smallest absolute Gasteiger partial charge is 0.116 e. The van der Waals surface area contributed by atoms with Crippen molar-refractivity contribution in [3.63, 3.8) is 0 Å². The molecule has 1 aliphatic rings. The first kappa shape index (κ1) is 17.4. The summed E-state index contributed by atoms with van der Waals surface area (Å²) in [6.45, 7) is 11.9. The van der Waals surface area contributed by atoms with E-state index in [1.165, 1.54) is 6.42 Å². The van der Waals surface area contributed by atoms with Gasteiger partial charge in [0.05, 0.1) is 9.52 Å². The number of nitrogens with one attached hydrogen (secondary N) is 1. The Morgan fingerprint density at radius 3 is 2.41 bits per heavy atom. The lowest BCUT2D eigenvalue weighted by Gasteiger charge is -2.29. The summed E-state index contributed by atoms with van der Waals surface area (Å²) >= 11 is 0. The Morgan fingerprint density at radius 2 is 1.82 bits per heavy atom. The topological polar surface area (TPSA) is 12.0 Å². The van der Waals surface area contributed by atoms with E-state index in [2.05, 4.69) is 81.0 Å². The van der Waals surface area contributed by atoms with Crippen molar-refractivity contribution in [1.82, 2.24) is 4.98 Å². The molecule has 1 N–H and O–H groups in total. The summed E-state index contributed by atoms with van der Waals surface area (Å²) in [5.41, 5.74) is 3.92.